The lowest BCUT2D eigenvalue weighted by Gasteiger charge is -2.35. The van der Waals surface area contributed by atoms with Gasteiger partial charge in [-0.3, -0.25) is 14.7 Å². The van der Waals surface area contributed by atoms with Crippen molar-refractivity contribution in [3.8, 4) is 0 Å². The summed E-state index contributed by atoms with van der Waals surface area (Å²) in [6.07, 6.45) is 0. The van der Waals surface area contributed by atoms with Gasteiger partial charge in [-0.05, 0) is 27.7 Å². The number of amides is 2. The lowest BCUT2D eigenvalue weighted by molar-refractivity contribution is -0.131. The van der Waals surface area contributed by atoms with Gasteiger partial charge in [-0.1, -0.05) is 0 Å². The summed E-state index contributed by atoms with van der Waals surface area (Å²) in [7, 11) is 0. The van der Waals surface area contributed by atoms with E-state index >= 15 is 0 Å². The van der Waals surface area contributed by atoms with E-state index in [1.54, 1.807) is 18.7 Å². The largest absolute Gasteiger partial charge is 0.377 e. The van der Waals surface area contributed by atoms with Crippen LogP contribution in [0.1, 0.15) is 35.6 Å². The molecule has 7 heteroatoms. The SMILES string of the molecule is Cc1n[nH]c(C)c1C(=O)N1CCOCC1C(=O)NC(C)C. The van der Waals surface area contributed by atoms with Gasteiger partial charge >= 0.3 is 0 Å². The zero-order valence-electron chi connectivity index (χ0n) is 12.9. The standard InChI is InChI=1S/C14H22N4O3/c1-8(2)15-13(19)11-7-21-6-5-18(11)14(20)12-9(3)16-17-10(12)4/h8,11H,5-7H2,1-4H3,(H,15,19)(H,16,17). The van der Waals surface area contributed by atoms with Crippen LogP contribution in [0.25, 0.3) is 0 Å². The molecule has 0 aromatic carbocycles. The number of nitrogens with zero attached hydrogens (tertiary/aromatic N) is 2. The van der Waals surface area contributed by atoms with Crippen LogP contribution in [0.5, 0.6) is 0 Å². The molecule has 1 fully saturated rings. The van der Waals surface area contributed by atoms with Crippen molar-refractivity contribution in [2.75, 3.05) is 19.8 Å². The van der Waals surface area contributed by atoms with E-state index in [1.807, 2.05) is 13.8 Å². The maximum Gasteiger partial charge on any atom is 0.258 e. The number of ether oxygens (including phenoxy) is 1. The van der Waals surface area contributed by atoms with Gasteiger partial charge in [-0.25, -0.2) is 0 Å². The number of rotatable bonds is 3. The molecule has 1 aromatic rings. The summed E-state index contributed by atoms with van der Waals surface area (Å²) in [5.41, 5.74) is 1.90. The van der Waals surface area contributed by atoms with Crippen molar-refractivity contribution < 1.29 is 14.3 Å². The Labute approximate surface area is 124 Å². The Hall–Kier alpha value is -1.89. The van der Waals surface area contributed by atoms with Crippen LogP contribution < -0.4 is 5.32 Å². The number of hydrogen-bond donors (Lipinski definition) is 2. The summed E-state index contributed by atoms with van der Waals surface area (Å²) in [6.45, 7) is 8.42. The van der Waals surface area contributed by atoms with E-state index in [1.165, 1.54) is 0 Å². The van der Waals surface area contributed by atoms with Crippen LogP contribution in [-0.2, 0) is 9.53 Å². The van der Waals surface area contributed by atoms with E-state index in [9.17, 15) is 9.59 Å². The molecule has 116 valence electrons. The highest BCUT2D eigenvalue weighted by Gasteiger charge is 2.35. The monoisotopic (exact) mass is 294 g/mol. The second-order valence-corrected chi connectivity index (χ2v) is 5.56. The number of morpholine rings is 1. The van der Waals surface area contributed by atoms with E-state index in [-0.39, 0.29) is 24.5 Å². The average molecular weight is 294 g/mol. The second-order valence-electron chi connectivity index (χ2n) is 5.56. The van der Waals surface area contributed by atoms with Crippen LogP contribution in [0.2, 0.25) is 0 Å². The van der Waals surface area contributed by atoms with Crippen LogP contribution in [0.15, 0.2) is 0 Å². The van der Waals surface area contributed by atoms with Crippen molar-refractivity contribution in [1.29, 1.82) is 0 Å². The van der Waals surface area contributed by atoms with E-state index in [0.29, 0.717) is 30.1 Å². The molecule has 1 aliphatic rings. The second kappa shape index (κ2) is 6.26. The summed E-state index contributed by atoms with van der Waals surface area (Å²) in [5, 5.41) is 9.69. The minimum absolute atomic E-state index is 0.0220. The quantitative estimate of drug-likeness (QED) is 0.844. The molecule has 7 nitrogen and oxygen atoms in total. The Balaban J connectivity index is 2.22. The Morgan fingerprint density at radius 1 is 1.43 bits per heavy atom. The Morgan fingerprint density at radius 2 is 2.14 bits per heavy atom. The molecule has 2 amide bonds. The minimum atomic E-state index is -0.595. The molecular formula is C14H22N4O3. The van der Waals surface area contributed by atoms with Crippen molar-refractivity contribution >= 4 is 11.8 Å². The zero-order valence-corrected chi connectivity index (χ0v) is 12.9. The molecule has 0 radical (unpaired) electrons. The number of hydrogen-bond acceptors (Lipinski definition) is 4. The zero-order chi connectivity index (χ0) is 15.6. The van der Waals surface area contributed by atoms with E-state index < -0.39 is 6.04 Å². The van der Waals surface area contributed by atoms with E-state index in [4.69, 9.17) is 4.74 Å². The topological polar surface area (TPSA) is 87.3 Å². The first-order valence-corrected chi connectivity index (χ1v) is 7.12. The first-order chi connectivity index (χ1) is 9.91. The van der Waals surface area contributed by atoms with Crippen LogP contribution in [-0.4, -0.2) is 58.8 Å². The molecule has 2 heterocycles. The molecule has 1 atom stereocenters. The normalized spacial score (nSPS) is 18.9. The first-order valence-electron chi connectivity index (χ1n) is 7.12. The van der Waals surface area contributed by atoms with Gasteiger partial charge in [0, 0.05) is 18.3 Å². The fourth-order valence-electron chi connectivity index (χ4n) is 2.45. The minimum Gasteiger partial charge on any atom is -0.377 e. The lowest BCUT2D eigenvalue weighted by Crippen LogP contribution is -2.56. The number of aromatic amines is 1. The van der Waals surface area contributed by atoms with Gasteiger partial charge < -0.3 is 15.0 Å². The highest BCUT2D eigenvalue weighted by atomic mass is 16.5. The van der Waals surface area contributed by atoms with Gasteiger partial charge in [-0.15, -0.1) is 0 Å². The van der Waals surface area contributed by atoms with Crippen LogP contribution >= 0.6 is 0 Å². The molecule has 2 N–H and O–H groups in total. The molecule has 0 saturated carbocycles. The third-order valence-electron chi connectivity index (χ3n) is 3.46. The van der Waals surface area contributed by atoms with Gasteiger partial charge in [0.25, 0.3) is 5.91 Å². The van der Waals surface area contributed by atoms with Gasteiger partial charge in [0.2, 0.25) is 5.91 Å². The summed E-state index contributed by atoms with van der Waals surface area (Å²) >= 11 is 0. The summed E-state index contributed by atoms with van der Waals surface area (Å²) in [4.78, 5) is 26.6. The predicted molar refractivity (Wildman–Crippen MR) is 77.0 cm³/mol. The molecule has 2 rings (SSSR count). The number of H-pyrrole nitrogens is 1. The Morgan fingerprint density at radius 3 is 2.71 bits per heavy atom. The highest BCUT2D eigenvalue weighted by molar-refractivity contribution is 5.99. The van der Waals surface area contributed by atoms with E-state index in [0.717, 1.165) is 0 Å². The summed E-state index contributed by atoms with van der Waals surface area (Å²) in [5.74, 6) is -0.359. The molecule has 0 aliphatic carbocycles. The molecular weight excluding hydrogens is 272 g/mol. The predicted octanol–water partition coefficient (Wildman–Crippen LogP) is 0.392. The number of aryl methyl sites for hydroxylation is 2. The molecule has 1 aromatic heterocycles. The highest BCUT2D eigenvalue weighted by Crippen LogP contribution is 2.17. The third kappa shape index (κ3) is 3.24. The number of carbonyl (C=O) groups is 2. The van der Waals surface area contributed by atoms with Gasteiger partial charge in [-0.2, -0.15) is 5.10 Å². The fraction of sp³-hybridized carbons (Fsp3) is 0.643. The smallest absolute Gasteiger partial charge is 0.258 e. The van der Waals surface area contributed by atoms with Gasteiger partial charge in [0.15, 0.2) is 0 Å². The van der Waals surface area contributed by atoms with E-state index in [2.05, 4.69) is 15.5 Å². The van der Waals surface area contributed by atoms with Gasteiger partial charge in [0.05, 0.1) is 24.5 Å². The molecule has 1 saturated heterocycles. The first kappa shape index (κ1) is 15.5. The van der Waals surface area contributed by atoms with Crippen molar-refractivity contribution in [1.82, 2.24) is 20.4 Å². The van der Waals surface area contributed by atoms with Crippen molar-refractivity contribution in [2.24, 2.45) is 0 Å². The van der Waals surface area contributed by atoms with Crippen molar-refractivity contribution in [2.45, 2.75) is 39.8 Å². The molecule has 1 unspecified atom stereocenters. The molecule has 0 spiro atoms. The van der Waals surface area contributed by atoms with Crippen LogP contribution in [0.4, 0.5) is 0 Å². The average Bonchev–Trinajstić information content (AvgIpc) is 2.76. The van der Waals surface area contributed by atoms with Gasteiger partial charge in [0.1, 0.15) is 6.04 Å². The molecule has 21 heavy (non-hydrogen) atoms. The maximum absolute atomic E-state index is 12.7. The number of carbonyl (C=O) groups excluding carboxylic acids is 2. The maximum atomic E-state index is 12.7. The molecule has 1 aliphatic heterocycles. The van der Waals surface area contributed by atoms with Crippen molar-refractivity contribution in [3.05, 3.63) is 17.0 Å². The third-order valence-corrected chi connectivity index (χ3v) is 3.46. The Bertz CT molecular complexity index is 519. The van der Waals surface area contributed by atoms with Crippen molar-refractivity contribution in [3.63, 3.8) is 0 Å². The molecule has 0 bridgehead atoms. The fourth-order valence-corrected chi connectivity index (χ4v) is 2.45. The summed E-state index contributed by atoms with van der Waals surface area (Å²) in [6, 6.07) is -0.573. The number of aromatic nitrogens is 2. The number of nitrogens with one attached hydrogen (secondary N) is 2. The lowest BCUT2D eigenvalue weighted by atomic mass is 10.1. The van der Waals surface area contributed by atoms with Crippen LogP contribution in [0, 0.1) is 13.8 Å². The van der Waals surface area contributed by atoms with Crippen LogP contribution in [0.3, 0.4) is 0 Å². The Kier molecular flexibility index (Phi) is 4.62. The summed E-state index contributed by atoms with van der Waals surface area (Å²) < 4.78 is 5.36.